The van der Waals surface area contributed by atoms with E-state index in [1.807, 2.05) is 0 Å². The normalized spacial score (nSPS) is 26.0. The first kappa shape index (κ1) is 12.2. The predicted molar refractivity (Wildman–Crippen MR) is 72.6 cm³/mol. The third kappa shape index (κ3) is 2.30. The minimum atomic E-state index is -0.00125. The highest BCUT2D eigenvalue weighted by Gasteiger charge is 2.26. The van der Waals surface area contributed by atoms with Gasteiger partial charge in [-0.3, -0.25) is 0 Å². The smallest absolute Gasteiger partial charge is 0.0894 e. The van der Waals surface area contributed by atoms with Crippen LogP contribution in [0.15, 0.2) is 18.2 Å². The van der Waals surface area contributed by atoms with E-state index in [4.69, 9.17) is 10.5 Å². The Hall–Kier alpha value is -0.900. The number of morpholine rings is 1. The molecule has 3 rings (SSSR count). The first-order valence-electron chi connectivity index (χ1n) is 6.91. The van der Waals surface area contributed by atoms with Crippen LogP contribution in [0.5, 0.6) is 0 Å². The van der Waals surface area contributed by atoms with E-state index in [0.29, 0.717) is 0 Å². The lowest BCUT2D eigenvalue weighted by molar-refractivity contribution is -0.0326. The Morgan fingerprint density at radius 3 is 3.00 bits per heavy atom. The maximum absolute atomic E-state index is 6.37. The van der Waals surface area contributed by atoms with Gasteiger partial charge in [-0.05, 0) is 43.0 Å². The van der Waals surface area contributed by atoms with Gasteiger partial charge in [-0.25, -0.2) is 0 Å². The fourth-order valence-electron chi connectivity index (χ4n) is 3.04. The van der Waals surface area contributed by atoms with Gasteiger partial charge in [0.2, 0.25) is 0 Å². The number of fused-ring (bicyclic) bond motifs is 1. The van der Waals surface area contributed by atoms with Crippen LogP contribution in [0.4, 0.5) is 0 Å². The molecular formula is C15H22N2O. The fraction of sp³-hybridized carbons (Fsp3) is 0.600. The van der Waals surface area contributed by atoms with Gasteiger partial charge in [0, 0.05) is 13.1 Å². The molecule has 2 aliphatic rings. The minimum Gasteiger partial charge on any atom is -0.374 e. The summed E-state index contributed by atoms with van der Waals surface area (Å²) in [6, 6.07) is 6.74. The van der Waals surface area contributed by atoms with Crippen molar-refractivity contribution < 1.29 is 4.74 Å². The van der Waals surface area contributed by atoms with E-state index in [2.05, 4.69) is 30.1 Å². The van der Waals surface area contributed by atoms with Crippen LogP contribution in [-0.2, 0) is 17.6 Å². The van der Waals surface area contributed by atoms with Crippen LogP contribution in [0.3, 0.4) is 0 Å². The lowest BCUT2D eigenvalue weighted by Crippen LogP contribution is -2.45. The molecule has 0 spiro atoms. The van der Waals surface area contributed by atoms with E-state index in [1.165, 1.54) is 36.0 Å². The SMILES string of the molecule is CN1CCOC(C(N)c2ccc3c(c2)CCC3)C1. The summed E-state index contributed by atoms with van der Waals surface area (Å²) < 4.78 is 5.82. The van der Waals surface area contributed by atoms with Gasteiger partial charge < -0.3 is 15.4 Å². The summed E-state index contributed by atoms with van der Waals surface area (Å²) in [5.41, 5.74) is 10.6. The van der Waals surface area contributed by atoms with Gasteiger partial charge in [-0.15, -0.1) is 0 Å². The third-order valence-electron chi connectivity index (χ3n) is 4.20. The molecule has 0 radical (unpaired) electrons. The molecule has 0 bridgehead atoms. The van der Waals surface area contributed by atoms with Crippen LogP contribution in [0.25, 0.3) is 0 Å². The summed E-state index contributed by atoms with van der Waals surface area (Å²) in [5, 5.41) is 0. The lowest BCUT2D eigenvalue weighted by atomic mass is 9.97. The van der Waals surface area contributed by atoms with Crippen LogP contribution >= 0.6 is 0 Å². The molecule has 1 aromatic rings. The summed E-state index contributed by atoms with van der Waals surface area (Å²) in [6.07, 6.45) is 3.86. The molecule has 1 aliphatic carbocycles. The molecule has 3 heteroatoms. The number of benzene rings is 1. The van der Waals surface area contributed by atoms with Crippen LogP contribution in [0.1, 0.15) is 29.2 Å². The Morgan fingerprint density at radius 1 is 1.33 bits per heavy atom. The van der Waals surface area contributed by atoms with E-state index in [-0.39, 0.29) is 12.1 Å². The Kier molecular flexibility index (Phi) is 3.37. The maximum atomic E-state index is 6.37. The molecule has 1 fully saturated rings. The number of hydrogen-bond acceptors (Lipinski definition) is 3. The number of ether oxygens (including phenoxy) is 1. The van der Waals surface area contributed by atoms with Crippen molar-refractivity contribution in [1.29, 1.82) is 0 Å². The summed E-state index contributed by atoms with van der Waals surface area (Å²) in [6.45, 7) is 2.73. The standard InChI is InChI=1S/C15H22N2O/c1-17-7-8-18-14(10-17)15(16)13-6-5-11-3-2-4-12(11)9-13/h5-6,9,14-15H,2-4,7-8,10,16H2,1H3. The minimum absolute atomic E-state index is 0.00125. The molecule has 2 atom stereocenters. The average Bonchev–Trinajstić information content (AvgIpc) is 2.85. The number of nitrogens with zero attached hydrogens (tertiary/aromatic N) is 1. The fourth-order valence-corrected chi connectivity index (χ4v) is 3.04. The number of hydrogen-bond donors (Lipinski definition) is 1. The van der Waals surface area contributed by atoms with Gasteiger partial charge >= 0.3 is 0 Å². The first-order valence-corrected chi connectivity index (χ1v) is 6.91. The monoisotopic (exact) mass is 246 g/mol. The van der Waals surface area contributed by atoms with E-state index in [9.17, 15) is 0 Å². The molecule has 0 amide bonds. The predicted octanol–water partition coefficient (Wildman–Crippen LogP) is 1.51. The van der Waals surface area contributed by atoms with Gasteiger partial charge in [0.05, 0.1) is 18.8 Å². The summed E-state index contributed by atoms with van der Waals surface area (Å²) in [4.78, 5) is 2.29. The van der Waals surface area contributed by atoms with Crippen molar-refractivity contribution in [3.05, 3.63) is 34.9 Å². The van der Waals surface area contributed by atoms with Crippen LogP contribution in [0.2, 0.25) is 0 Å². The zero-order valence-corrected chi connectivity index (χ0v) is 11.1. The van der Waals surface area contributed by atoms with Crippen LogP contribution in [0, 0.1) is 0 Å². The van der Waals surface area contributed by atoms with E-state index < -0.39 is 0 Å². The second kappa shape index (κ2) is 5.00. The highest BCUT2D eigenvalue weighted by Crippen LogP contribution is 2.27. The summed E-state index contributed by atoms with van der Waals surface area (Å²) in [5.74, 6) is 0. The van der Waals surface area contributed by atoms with E-state index >= 15 is 0 Å². The summed E-state index contributed by atoms with van der Waals surface area (Å²) >= 11 is 0. The molecule has 2 N–H and O–H groups in total. The summed E-state index contributed by atoms with van der Waals surface area (Å²) in [7, 11) is 2.13. The molecule has 0 saturated carbocycles. The van der Waals surface area contributed by atoms with Crippen molar-refractivity contribution in [2.45, 2.75) is 31.4 Å². The van der Waals surface area contributed by atoms with Crippen LogP contribution < -0.4 is 5.73 Å². The molecule has 1 aromatic carbocycles. The molecule has 1 saturated heterocycles. The van der Waals surface area contributed by atoms with Gasteiger partial charge in [0.25, 0.3) is 0 Å². The quantitative estimate of drug-likeness (QED) is 0.859. The molecule has 3 nitrogen and oxygen atoms in total. The zero-order valence-electron chi connectivity index (χ0n) is 11.1. The maximum Gasteiger partial charge on any atom is 0.0894 e. The third-order valence-corrected chi connectivity index (χ3v) is 4.20. The molecule has 98 valence electrons. The molecule has 18 heavy (non-hydrogen) atoms. The van der Waals surface area contributed by atoms with E-state index in [1.54, 1.807) is 0 Å². The lowest BCUT2D eigenvalue weighted by Gasteiger charge is -2.33. The Bertz CT molecular complexity index is 433. The highest BCUT2D eigenvalue weighted by atomic mass is 16.5. The van der Waals surface area contributed by atoms with E-state index in [0.717, 1.165) is 19.7 Å². The molecule has 1 heterocycles. The van der Waals surface area contributed by atoms with Crippen molar-refractivity contribution >= 4 is 0 Å². The van der Waals surface area contributed by atoms with Crippen molar-refractivity contribution in [3.63, 3.8) is 0 Å². The van der Waals surface area contributed by atoms with Gasteiger partial charge in [0.15, 0.2) is 0 Å². The number of nitrogens with two attached hydrogens (primary N) is 1. The Morgan fingerprint density at radius 2 is 2.17 bits per heavy atom. The largest absolute Gasteiger partial charge is 0.374 e. The topological polar surface area (TPSA) is 38.5 Å². The zero-order chi connectivity index (χ0) is 12.5. The average molecular weight is 246 g/mol. The Labute approximate surface area is 109 Å². The van der Waals surface area contributed by atoms with Gasteiger partial charge in [-0.2, -0.15) is 0 Å². The van der Waals surface area contributed by atoms with Crippen molar-refractivity contribution in [1.82, 2.24) is 4.90 Å². The highest BCUT2D eigenvalue weighted by molar-refractivity contribution is 5.36. The van der Waals surface area contributed by atoms with Gasteiger partial charge in [0.1, 0.15) is 0 Å². The Balaban J connectivity index is 1.77. The van der Waals surface area contributed by atoms with Crippen molar-refractivity contribution in [2.75, 3.05) is 26.7 Å². The van der Waals surface area contributed by atoms with Crippen molar-refractivity contribution in [2.24, 2.45) is 5.73 Å². The molecule has 1 aliphatic heterocycles. The van der Waals surface area contributed by atoms with Gasteiger partial charge in [-0.1, -0.05) is 18.2 Å². The second-order valence-corrected chi connectivity index (χ2v) is 5.58. The second-order valence-electron chi connectivity index (χ2n) is 5.58. The number of likely N-dealkylation sites (N-methyl/N-ethyl adjacent to an activating group) is 1. The number of rotatable bonds is 2. The molecule has 0 aromatic heterocycles. The first-order chi connectivity index (χ1) is 8.74. The van der Waals surface area contributed by atoms with Crippen molar-refractivity contribution in [3.8, 4) is 0 Å². The molecular weight excluding hydrogens is 224 g/mol. The number of aryl methyl sites for hydroxylation is 2. The van der Waals surface area contributed by atoms with Crippen LogP contribution in [-0.4, -0.2) is 37.7 Å². The molecule has 2 unspecified atom stereocenters.